The van der Waals surface area contributed by atoms with Crippen molar-refractivity contribution in [2.45, 2.75) is 52.0 Å². The summed E-state index contributed by atoms with van der Waals surface area (Å²) in [4.78, 5) is 4.76. The maximum absolute atomic E-state index is 6.56. The van der Waals surface area contributed by atoms with Gasteiger partial charge in [0.1, 0.15) is 0 Å². The summed E-state index contributed by atoms with van der Waals surface area (Å²) in [6.07, 6.45) is 0.776. The third-order valence-electron chi connectivity index (χ3n) is 3.60. The zero-order valence-electron chi connectivity index (χ0n) is 13.0. The Morgan fingerprint density at radius 3 is 2.35 bits per heavy atom. The first-order valence-electron chi connectivity index (χ1n) is 7.00. The van der Waals surface area contributed by atoms with Gasteiger partial charge >= 0.3 is 0 Å². The van der Waals surface area contributed by atoms with Crippen molar-refractivity contribution in [3.05, 3.63) is 51.5 Å². The second-order valence-corrected chi connectivity index (χ2v) is 7.73. The van der Waals surface area contributed by atoms with Crippen LogP contribution in [0.15, 0.2) is 29.6 Å². The second kappa shape index (κ2) is 5.30. The summed E-state index contributed by atoms with van der Waals surface area (Å²) in [7, 11) is 0. The zero-order chi connectivity index (χ0) is 15.0. The first kappa shape index (κ1) is 15.2. The molecule has 1 aromatic carbocycles. The van der Waals surface area contributed by atoms with Crippen LogP contribution in [0.1, 0.15) is 49.5 Å². The molecule has 0 radical (unpaired) electrons. The number of rotatable bonds is 3. The zero-order valence-corrected chi connectivity index (χ0v) is 13.8. The summed E-state index contributed by atoms with van der Waals surface area (Å²) in [5.74, 6) is 0. The van der Waals surface area contributed by atoms with Gasteiger partial charge in [-0.05, 0) is 25.0 Å². The van der Waals surface area contributed by atoms with Gasteiger partial charge in [0.05, 0.1) is 10.7 Å². The van der Waals surface area contributed by atoms with E-state index in [0.29, 0.717) is 0 Å². The predicted octanol–water partition coefficient (Wildman–Crippen LogP) is 4.17. The van der Waals surface area contributed by atoms with Crippen LogP contribution in [0.4, 0.5) is 0 Å². The van der Waals surface area contributed by atoms with Crippen LogP contribution in [-0.2, 0) is 17.4 Å². The lowest BCUT2D eigenvalue weighted by molar-refractivity contribution is 0.484. The predicted molar refractivity (Wildman–Crippen MR) is 87.2 cm³/mol. The van der Waals surface area contributed by atoms with Gasteiger partial charge in [0, 0.05) is 22.8 Å². The number of nitrogens with two attached hydrogens (primary N) is 1. The lowest BCUT2D eigenvalue weighted by Crippen LogP contribution is -2.36. The van der Waals surface area contributed by atoms with Gasteiger partial charge in [0.25, 0.3) is 0 Å². The van der Waals surface area contributed by atoms with Crippen LogP contribution < -0.4 is 5.73 Å². The van der Waals surface area contributed by atoms with E-state index in [1.165, 1.54) is 11.1 Å². The number of hydrogen-bond donors (Lipinski definition) is 1. The molecular weight excluding hydrogens is 264 g/mol. The quantitative estimate of drug-likeness (QED) is 0.921. The van der Waals surface area contributed by atoms with Crippen LogP contribution in [0, 0.1) is 6.92 Å². The van der Waals surface area contributed by atoms with E-state index in [9.17, 15) is 0 Å². The average molecular weight is 288 g/mol. The van der Waals surface area contributed by atoms with Crippen LogP contribution in [0.2, 0.25) is 0 Å². The molecule has 0 aliphatic rings. The Hall–Kier alpha value is -1.19. The van der Waals surface area contributed by atoms with Crippen LogP contribution in [-0.4, -0.2) is 4.98 Å². The van der Waals surface area contributed by atoms with Crippen LogP contribution in [0.5, 0.6) is 0 Å². The molecule has 1 heterocycles. The van der Waals surface area contributed by atoms with E-state index in [0.717, 1.165) is 17.1 Å². The van der Waals surface area contributed by atoms with E-state index in [4.69, 9.17) is 10.7 Å². The van der Waals surface area contributed by atoms with E-state index < -0.39 is 0 Å². The van der Waals surface area contributed by atoms with Gasteiger partial charge < -0.3 is 5.73 Å². The topological polar surface area (TPSA) is 38.9 Å². The van der Waals surface area contributed by atoms with Gasteiger partial charge in [-0.3, -0.25) is 0 Å². The van der Waals surface area contributed by atoms with Crippen molar-refractivity contribution in [2.24, 2.45) is 5.73 Å². The minimum absolute atomic E-state index is 0.0996. The minimum atomic E-state index is -0.377. The molecule has 1 aromatic heterocycles. The molecule has 3 heteroatoms. The number of aryl methyl sites for hydroxylation is 1. The third kappa shape index (κ3) is 3.28. The molecule has 0 saturated carbocycles. The summed E-state index contributed by atoms with van der Waals surface area (Å²) in [5.41, 5.74) is 9.87. The average Bonchev–Trinajstić information content (AvgIpc) is 2.76. The van der Waals surface area contributed by atoms with Crippen molar-refractivity contribution in [1.29, 1.82) is 0 Å². The van der Waals surface area contributed by atoms with Gasteiger partial charge in [-0.25, -0.2) is 4.98 Å². The minimum Gasteiger partial charge on any atom is -0.321 e. The second-order valence-electron chi connectivity index (χ2n) is 6.79. The molecule has 2 nitrogen and oxygen atoms in total. The molecule has 2 N–H and O–H groups in total. The monoisotopic (exact) mass is 288 g/mol. The molecule has 0 saturated heterocycles. The van der Waals surface area contributed by atoms with Gasteiger partial charge in [-0.1, -0.05) is 45.0 Å². The maximum Gasteiger partial charge on any atom is 0.0950 e. The summed E-state index contributed by atoms with van der Waals surface area (Å²) >= 11 is 1.71. The molecule has 2 rings (SSSR count). The highest BCUT2D eigenvalue weighted by Crippen LogP contribution is 2.29. The molecule has 1 atom stereocenters. The summed E-state index contributed by atoms with van der Waals surface area (Å²) < 4.78 is 0. The van der Waals surface area contributed by atoms with Crippen LogP contribution in [0.3, 0.4) is 0 Å². The van der Waals surface area contributed by atoms with Crippen LogP contribution >= 0.6 is 11.3 Å². The fraction of sp³-hybridized carbons (Fsp3) is 0.471. The fourth-order valence-electron chi connectivity index (χ4n) is 2.36. The smallest absolute Gasteiger partial charge is 0.0950 e. The highest BCUT2D eigenvalue weighted by molar-refractivity contribution is 7.09. The van der Waals surface area contributed by atoms with Gasteiger partial charge in [0.15, 0.2) is 0 Å². The molecule has 108 valence electrons. The van der Waals surface area contributed by atoms with Gasteiger partial charge in [-0.2, -0.15) is 0 Å². The molecule has 20 heavy (non-hydrogen) atoms. The Morgan fingerprint density at radius 2 is 1.80 bits per heavy atom. The number of aromatic nitrogens is 1. The van der Waals surface area contributed by atoms with Gasteiger partial charge in [0.2, 0.25) is 0 Å². The lowest BCUT2D eigenvalue weighted by atomic mass is 9.87. The standard InChI is InChI=1S/C17H24N2S/c1-12-8-6-7-9-13(12)17(5,18)10-15-19-14(11-20-15)16(2,3)4/h6-9,11H,10,18H2,1-5H3. The van der Waals surface area contributed by atoms with E-state index in [1.54, 1.807) is 11.3 Å². The van der Waals surface area contributed by atoms with Crippen molar-refractivity contribution in [1.82, 2.24) is 4.98 Å². The Kier molecular flexibility index (Phi) is 4.03. The molecule has 1 unspecified atom stereocenters. The lowest BCUT2D eigenvalue weighted by Gasteiger charge is -2.26. The molecule has 0 amide bonds. The van der Waals surface area contributed by atoms with E-state index in [-0.39, 0.29) is 11.0 Å². The maximum atomic E-state index is 6.56. The van der Waals surface area contributed by atoms with Crippen molar-refractivity contribution in [3.8, 4) is 0 Å². The number of hydrogen-bond acceptors (Lipinski definition) is 3. The first-order valence-corrected chi connectivity index (χ1v) is 7.88. The highest BCUT2D eigenvalue weighted by atomic mass is 32.1. The van der Waals surface area contributed by atoms with Crippen molar-refractivity contribution in [2.75, 3.05) is 0 Å². The highest BCUT2D eigenvalue weighted by Gasteiger charge is 2.26. The Labute approximate surface area is 126 Å². The molecule has 0 aliphatic heterocycles. The molecule has 0 bridgehead atoms. The molecule has 2 aromatic rings. The van der Waals surface area contributed by atoms with E-state index in [2.05, 4.69) is 64.3 Å². The van der Waals surface area contributed by atoms with Gasteiger partial charge in [-0.15, -0.1) is 11.3 Å². The first-order chi connectivity index (χ1) is 9.20. The number of nitrogens with zero attached hydrogens (tertiary/aromatic N) is 1. The van der Waals surface area contributed by atoms with E-state index >= 15 is 0 Å². The van der Waals surface area contributed by atoms with Crippen molar-refractivity contribution >= 4 is 11.3 Å². The summed E-state index contributed by atoms with van der Waals surface area (Å²) in [5, 5.41) is 3.27. The fourth-order valence-corrected chi connectivity index (χ4v) is 3.55. The Morgan fingerprint density at radius 1 is 1.15 bits per heavy atom. The number of thiazole rings is 1. The van der Waals surface area contributed by atoms with Crippen LogP contribution in [0.25, 0.3) is 0 Å². The summed E-state index contributed by atoms with van der Waals surface area (Å²) in [6.45, 7) is 10.8. The molecule has 0 aliphatic carbocycles. The van der Waals surface area contributed by atoms with Crippen molar-refractivity contribution < 1.29 is 0 Å². The Bertz CT molecular complexity index is 591. The SMILES string of the molecule is Cc1ccccc1C(C)(N)Cc1nc(C(C)(C)C)cs1. The normalized spacial score (nSPS) is 15.1. The molecular formula is C17H24N2S. The third-order valence-corrected chi connectivity index (χ3v) is 4.45. The Balaban J connectivity index is 2.25. The van der Waals surface area contributed by atoms with E-state index in [1.807, 2.05) is 0 Å². The molecule has 0 fully saturated rings. The largest absolute Gasteiger partial charge is 0.321 e. The van der Waals surface area contributed by atoms with Crippen molar-refractivity contribution in [3.63, 3.8) is 0 Å². The molecule has 0 spiro atoms. The number of benzene rings is 1. The summed E-state index contributed by atoms with van der Waals surface area (Å²) in [6, 6.07) is 8.34.